The molecule has 3 heterocycles. The minimum Gasteiger partial charge on any atom is -0.393 e. The van der Waals surface area contributed by atoms with Crippen molar-refractivity contribution in [3.8, 4) is 0 Å². The lowest BCUT2D eigenvalue weighted by molar-refractivity contribution is 0.127. The molecule has 1 aliphatic heterocycles. The summed E-state index contributed by atoms with van der Waals surface area (Å²) in [6.45, 7) is 2.56. The number of hydrogen-bond acceptors (Lipinski definition) is 7. The molecule has 3 atom stereocenters. The van der Waals surface area contributed by atoms with Gasteiger partial charge in [-0.25, -0.2) is 26.5 Å². The van der Waals surface area contributed by atoms with Crippen molar-refractivity contribution in [2.24, 2.45) is 5.92 Å². The number of nitrogens with one attached hydrogen (secondary N) is 1. The summed E-state index contributed by atoms with van der Waals surface area (Å²) in [7, 11) is -3.24. The fourth-order valence-electron chi connectivity index (χ4n) is 4.68. The number of piperidine rings is 1. The monoisotopic (exact) mass is 471 g/mol. The van der Waals surface area contributed by atoms with Gasteiger partial charge in [0.15, 0.2) is 0 Å². The van der Waals surface area contributed by atoms with Crippen molar-refractivity contribution in [2.75, 3.05) is 24.7 Å². The summed E-state index contributed by atoms with van der Waals surface area (Å²) in [6.07, 6.45) is 1.15. The average molecular weight is 472 g/mol. The van der Waals surface area contributed by atoms with Gasteiger partial charge < -0.3 is 10.4 Å². The van der Waals surface area contributed by atoms with Crippen LogP contribution >= 0.6 is 0 Å². The smallest absolute Gasteiger partial charge is 0.269 e. The number of sulfonamides is 1. The lowest BCUT2D eigenvalue weighted by Crippen LogP contribution is -2.42. The number of anilines is 1. The normalized spacial score (nSPS) is 25.6. The van der Waals surface area contributed by atoms with Gasteiger partial charge in [0, 0.05) is 42.7 Å². The molecule has 1 aliphatic carbocycles. The highest BCUT2D eigenvalue weighted by molar-refractivity contribution is 7.88. The van der Waals surface area contributed by atoms with Crippen LogP contribution in [0.5, 0.6) is 0 Å². The number of alkyl halides is 2. The first kappa shape index (κ1) is 23.0. The lowest BCUT2D eigenvalue weighted by Gasteiger charge is -2.30. The minimum atomic E-state index is -3.24. The van der Waals surface area contributed by atoms with Crippen molar-refractivity contribution >= 4 is 27.0 Å². The molecule has 2 aromatic rings. The Morgan fingerprint density at radius 2 is 1.91 bits per heavy atom. The van der Waals surface area contributed by atoms with E-state index in [0.717, 1.165) is 6.07 Å². The highest BCUT2D eigenvalue weighted by atomic mass is 32.2. The third kappa shape index (κ3) is 4.35. The van der Waals surface area contributed by atoms with Crippen molar-refractivity contribution in [1.82, 2.24) is 18.8 Å². The zero-order valence-corrected chi connectivity index (χ0v) is 18.7. The van der Waals surface area contributed by atoms with E-state index in [0.29, 0.717) is 44.2 Å². The standard InChI is InChI=1S/C20H27F2N5O4S/c1-11-15(3-4-16(11)28)27-18-12(9-14(17(21)22)19(27)29)10-23-20(25-18)24-13-5-7-26(8-6-13)32(2,30)31/h9-11,13,15-17,28H,3-8H2,1-2H3,(H,23,24,25). The molecule has 1 saturated carbocycles. The van der Waals surface area contributed by atoms with Gasteiger partial charge in [-0.3, -0.25) is 9.36 Å². The second kappa shape index (κ2) is 8.64. The number of fused-ring (bicyclic) bond motifs is 1. The van der Waals surface area contributed by atoms with Gasteiger partial charge in [-0.1, -0.05) is 6.92 Å². The Balaban J connectivity index is 1.68. The number of halogens is 2. The second-order valence-corrected chi connectivity index (χ2v) is 10.7. The van der Waals surface area contributed by atoms with Gasteiger partial charge in [0.05, 0.1) is 17.9 Å². The summed E-state index contributed by atoms with van der Waals surface area (Å²) in [6, 6.07) is 0.626. The maximum Gasteiger partial charge on any atom is 0.269 e. The molecule has 12 heteroatoms. The van der Waals surface area contributed by atoms with Gasteiger partial charge in [-0.2, -0.15) is 4.98 Å². The zero-order chi connectivity index (χ0) is 23.2. The summed E-state index contributed by atoms with van der Waals surface area (Å²) >= 11 is 0. The molecule has 0 aromatic carbocycles. The van der Waals surface area contributed by atoms with Crippen molar-refractivity contribution in [3.05, 3.63) is 28.2 Å². The van der Waals surface area contributed by atoms with Crippen LogP contribution in [0.25, 0.3) is 11.0 Å². The minimum absolute atomic E-state index is 0.0572. The van der Waals surface area contributed by atoms with Gasteiger partial charge in [-0.15, -0.1) is 0 Å². The van der Waals surface area contributed by atoms with E-state index in [1.165, 1.54) is 21.3 Å². The molecule has 0 spiro atoms. The number of pyridine rings is 1. The topological polar surface area (TPSA) is 117 Å². The van der Waals surface area contributed by atoms with Crippen LogP contribution in [-0.2, 0) is 10.0 Å². The first-order valence-electron chi connectivity index (χ1n) is 10.7. The molecular formula is C20H27F2N5O4S. The van der Waals surface area contributed by atoms with Gasteiger partial charge in [0.25, 0.3) is 12.0 Å². The average Bonchev–Trinajstić information content (AvgIpc) is 3.05. The predicted molar refractivity (Wildman–Crippen MR) is 115 cm³/mol. The molecule has 2 fully saturated rings. The Bertz CT molecular complexity index is 1160. The molecule has 1 saturated heterocycles. The summed E-state index contributed by atoms with van der Waals surface area (Å²) in [5.41, 5.74) is -1.16. The van der Waals surface area contributed by atoms with Gasteiger partial charge >= 0.3 is 0 Å². The maximum atomic E-state index is 13.5. The lowest BCUT2D eigenvalue weighted by atomic mass is 10.0. The Kier molecular flexibility index (Phi) is 6.21. The highest BCUT2D eigenvalue weighted by Gasteiger charge is 2.35. The van der Waals surface area contributed by atoms with Crippen molar-refractivity contribution in [2.45, 2.75) is 57.2 Å². The molecule has 2 aromatic heterocycles. The summed E-state index contributed by atoms with van der Waals surface area (Å²) in [5.74, 6) is -0.0324. The van der Waals surface area contributed by atoms with Crippen LogP contribution in [0.3, 0.4) is 0 Å². The number of aromatic nitrogens is 3. The van der Waals surface area contributed by atoms with E-state index < -0.39 is 39.7 Å². The van der Waals surface area contributed by atoms with E-state index in [9.17, 15) is 27.1 Å². The van der Waals surface area contributed by atoms with E-state index in [-0.39, 0.29) is 23.6 Å². The Morgan fingerprint density at radius 3 is 2.47 bits per heavy atom. The maximum absolute atomic E-state index is 13.5. The van der Waals surface area contributed by atoms with Crippen LogP contribution in [0.15, 0.2) is 17.1 Å². The van der Waals surface area contributed by atoms with Crippen LogP contribution in [-0.4, -0.2) is 63.9 Å². The second-order valence-electron chi connectivity index (χ2n) is 8.70. The summed E-state index contributed by atoms with van der Waals surface area (Å²) in [4.78, 5) is 21.7. The quantitative estimate of drug-likeness (QED) is 0.684. The Labute approximate surface area is 184 Å². The third-order valence-electron chi connectivity index (χ3n) is 6.60. The molecule has 4 rings (SSSR count). The van der Waals surface area contributed by atoms with E-state index >= 15 is 0 Å². The van der Waals surface area contributed by atoms with Gasteiger partial charge in [0.1, 0.15) is 5.65 Å². The number of aliphatic hydroxyl groups excluding tert-OH is 1. The fourth-order valence-corrected chi connectivity index (χ4v) is 5.55. The van der Waals surface area contributed by atoms with Crippen LogP contribution in [0.2, 0.25) is 0 Å². The first-order chi connectivity index (χ1) is 15.1. The molecule has 2 N–H and O–H groups in total. The largest absolute Gasteiger partial charge is 0.393 e. The van der Waals surface area contributed by atoms with Crippen LogP contribution < -0.4 is 10.9 Å². The SMILES string of the molecule is CC1C(O)CCC1n1c(=O)c(C(F)F)cc2cnc(NC3CCN(S(C)(=O)=O)CC3)nc21. The Hall–Kier alpha value is -2.18. The molecule has 3 unspecified atom stereocenters. The third-order valence-corrected chi connectivity index (χ3v) is 7.90. The van der Waals surface area contributed by atoms with Crippen LogP contribution in [0.4, 0.5) is 14.7 Å². The Morgan fingerprint density at radius 1 is 1.22 bits per heavy atom. The molecule has 176 valence electrons. The van der Waals surface area contributed by atoms with E-state index in [1.54, 1.807) is 6.92 Å². The molecule has 9 nitrogen and oxygen atoms in total. The van der Waals surface area contributed by atoms with Gasteiger partial charge in [-0.05, 0) is 31.7 Å². The highest BCUT2D eigenvalue weighted by Crippen LogP contribution is 2.37. The van der Waals surface area contributed by atoms with E-state index in [4.69, 9.17) is 0 Å². The van der Waals surface area contributed by atoms with Crippen molar-refractivity contribution in [1.29, 1.82) is 0 Å². The first-order valence-corrected chi connectivity index (χ1v) is 12.5. The summed E-state index contributed by atoms with van der Waals surface area (Å²) < 4.78 is 53.2. The van der Waals surface area contributed by atoms with Crippen molar-refractivity contribution < 1.29 is 22.3 Å². The van der Waals surface area contributed by atoms with Crippen LogP contribution in [0.1, 0.15) is 50.6 Å². The number of hydrogen-bond donors (Lipinski definition) is 2. The van der Waals surface area contributed by atoms with Crippen molar-refractivity contribution in [3.63, 3.8) is 0 Å². The summed E-state index contributed by atoms with van der Waals surface area (Å²) in [5, 5.41) is 13.7. The van der Waals surface area contributed by atoms with Crippen LogP contribution in [0, 0.1) is 5.92 Å². The van der Waals surface area contributed by atoms with E-state index in [2.05, 4.69) is 15.3 Å². The number of nitrogens with zero attached hydrogens (tertiary/aromatic N) is 4. The molecule has 0 bridgehead atoms. The molecule has 0 radical (unpaired) electrons. The molecule has 0 amide bonds. The number of aliphatic hydroxyl groups is 1. The zero-order valence-electron chi connectivity index (χ0n) is 17.9. The molecular weight excluding hydrogens is 444 g/mol. The molecule has 32 heavy (non-hydrogen) atoms. The molecule has 2 aliphatic rings. The fraction of sp³-hybridized carbons (Fsp3) is 0.650. The van der Waals surface area contributed by atoms with Gasteiger partial charge in [0.2, 0.25) is 16.0 Å². The predicted octanol–water partition coefficient (Wildman–Crippen LogP) is 1.90. The number of rotatable bonds is 5. The van der Waals surface area contributed by atoms with E-state index in [1.807, 2.05) is 0 Å².